The van der Waals surface area contributed by atoms with Crippen LogP contribution in [-0.2, 0) is 10.0 Å². The largest absolute Gasteiger partial charge is 0.280 e. The first-order valence-electron chi connectivity index (χ1n) is 8.76. The molecule has 9 heteroatoms. The first-order chi connectivity index (χ1) is 13.4. The second-order valence-electron chi connectivity index (χ2n) is 5.99. The van der Waals surface area contributed by atoms with Crippen molar-refractivity contribution in [3.8, 4) is 0 Å². The van der Waals surface area contributed by atoms with Crippen LogP contribution >= 0.6 is 0 Å². The summed E-state index contributed by atoms with van der Waals surface area (Å²) < 4.78 is 27.4. The molecule has 0 aliphatic heterocycles. The molecule has 3 rings (SSSR count). The highest BCUT2D eigenvalue weighted by atomic mass is 32.2. The van der Waals surface area contributed by atoms with Gasteiger partial charge in [-0.1, -0.05) is 26.0 Å². The molecule has 1 heterocycles. The molecule has 2 aromatic carbocycles. The van der Waals surface area contributed by atoms with Crippen molar-refractivity contribution < 1.29 is 13.2 Å². The number of rotatable bonds is 6. The summed E-state index contributed by atoms with van der Waals surface area (Å²) in [5.41, 5.74) is 2.81. The Bertz CT molecular complexity index is 1170. The average molecular weight is 400 g/mol. The predicted octanol–water partition coefficient (Wildman–Crippen LogP) is 1.81. The number of hydrogen-bond acceptors (Lipinski definition) is 5. The van der Waals surface area contributed by atoms with Crippen LogP contribution < -0.4 is 11.0 Å². The third-order valence-corrected chi connectivity index (χ3v) is 6.41. The number of nitrogens with one attached hydrogen (secondary N) is 1. The third kappa shape index (κ3) is 3.67. The molecule has 0 radical (unpaired) electrons. The summed E-state index contributed by atoms with van der Waals surface area (Å²) >= 11 is 0. The fourth-order valence-corrected chi connectivity index (χ4v) is 4.27. The number of para-hydroxylation sites is 1. The molecule has 1 aromatic heterocycles. The summed E-state index contributed by atoms with van der Waals surface area (Å²) in [5, 5.41) is 0.381. The van der Waals surface area contributed by atoms with Gasteiger partial charge in [-0.15, -0.1) is 0 Å². The second kappa shape index (κ2) is 7.91. The van der Waals surface area contributed by atoms with Crippen LogP contribution in [0.25, 0.3) is 10.9 Å². The van der Waals surface area contributed by atoms with E-state index in [0.717, 1.165) is 4.68 Å². The predicted molar refractivity (Wildman–Crippen MR) is 106 cm³/mol. The lowest BCUT2D eigenvalue weighted by atomic mass is 10.2. The molecule has 8 nitrogen and oxygen atoms in total. The molecule has 3 aromatic rings. The monoisotopic (exact) mass is 400 g/mol. The van der Waals surface area contributed by atoms with Crippen molar-refractivity contribution in [3.05, 3.63) is 70.8 Å². The van der Waals surface area contributed by atoms with Crippen molar-refractivity contribution in [3.63, 3.8) is 0 Å². The minimum absolute atomic E-state index is 0.109. The van der Waals surface area contributed by atoms with Crippen LogP contribution in [0.2, 0.25) is 0 Å². The molecule has 0 bridgehead atoms. The highest BCUT2D eigenvalue weighted by molar-refractivity contribution is 7.89. The summed E-state index contributed by atoms with van der Waals surface area (Å²) in [7, 11) is -3.60. The standard InChI is InChI=1S/C19H20N4O4S/c1-3-22(4-2)28(26,27)15-11-9-14(10-12-15)18(24)21-23-13-20-17-8-6-5-7-16(17)19(23)25/h5-13H,3-4H2,1-2H3,(H,21,24). The second-order valence-corrected chi connectivity index (χ2v) is 7.93. The van der Waals surface area contributed by atoms with E-state index in [1.165, 1.54) is 34.9 Å². The van der Waals surface area contributed by atoms with E-state index < -0.39 is 21.5 Å². The van der Waals surface area contributed by atoms with Crippen LogP contribution in [0.1, 0.15) is 24.2 Å². The molecule has 0 aliphatic rings. The van der Waals surface area contributed by atoms with Crippen molar-refractivity contribution in [2.45, 2.75) is 18.7 Å². The van der Waals surface area contributed by atoms with Gasteiger partial charge in [0.15, 0.2) is 0 Å². The van der Waals surface area contributed by atoms with Crippen LogP contribution in [0, 0.1) is 0 Å². The van der Waals surface area contributed by atoms with Crippen LogP contribution in [0.15, 0.2) is 64.5 Å². The van der Waals surface area contributed by atoms with Gasteiger partial charge in [0, 0.05) is 18.7 Å². The first-order valence-corrected chi connectivity index (χ1v) is 10.2. The Labute approximate surface area is 162 Å². The van der Waals surface area contributed by atoms with Gasteiger partial charge in [0.1, 0.15) is 6.33 Å². The van der Waals surface area contributed by atoms with E-state index in [2.05, 4.69) is 10.4 Å². The fourth-order valence-electron chi connectivity index (χ4n) is 2.81. The Kier molecular flexibility index (Phi) is 5.57. The maximum Gasteiger partial charge on any atom is 0.280 e. The van der Waals surface area contributed by atoms with Gasteiger partial charge in [0.2, 0.25) is 10.0 Å². The van der Waals surface area contributed by atoms with Crippen molar-refractivity contribution in [2.75, 3.05) is 18.5 Å². The molecule has 0 saturated carbocycles. The summed E-state index contributed by atoms with van der Waals surface area (Å²) in [5.74, 6) is -0.550. The van der Waals surface area contributed by atoms with Gasteiger partial charge in [-0.25, -0.2) is 18.1 Å². The summed E-state index contributed by atoms with van der Waals surface area (Å²) in [4.78, 5) is 29.1. The van der Waals surface area contributed by atoms with E-state index in [1.54, 1.807) is 38.1 Å². The molecule has 1 amide bonds. The number of carbonyl (C=O) groups is 1. The Morgan fingerprint density at radius 3 is 2.36 bits per heavy atom. The Morgan fingerprint density at radius 2 is 1.71 bits per heavy atom. The molecule has 0 fully saturated rings. The number of carbonyl (C=O) groups excluding carboxylic acids is 1. The quantitative estimate of drug-likeness (QED) is 0.680. The first kappa shape index (κ1) is 19.7. The molecule has 0 atom stereocenters. The van der Waals surface area contributed by atoms with Gasteiger partial charge < -0.3 is 0 Å². The van der Waals surface area contributed by atoms with E-state index in [-0.39, 0.29) is 10.5 Å². The normalized spacial score (nSPS) is 11.7. The molecular formula is C19H20N4O4S. The molecule has 0 unspecified atom stereocenters. The van der Waals surface area contributed by atoms with Crippen LogP contribution in [0.5, 0.6) is 0 Å². The van der Waals surface area contributed by atoms with E-state index in [0.29, 0.717) is 24.0 Å². The fraction of sp³-hybridized carbons (Fsp3) is 0.211. The van der Waals surface area contributed by atoms with E-state index in [1.807, 2.05) is 0 Å². The zero-order valence-corrected chi connectivity index (χ0v) is 16.3. The maximum absolute atomic E-state index is 12.5. The smallest absolute Gasteiger partial charge is 0.267 e. The molecule has 28 heavy (non-hydrogen) atoms. The average Bonchev–Trinajstić information content (AvgIpc) is 2.71. The highest BCUT2D eigenvalue weighted by Gasteiger charge is 2.21. The van der Waals surface area contributed by atoms with Crippen LogP contribution in [0.3, 0.4) is 0 Å². The SMILES string of the molecule is CCN(CC)S(=O)(=O)c1ccc(C(=O)Nn2cnc3ccccc3c2=O)cc1. The molecule has 0 spiro atoms. The lowest BCUT2D eigenvalue weighted by Crippen LogP contribution is -2.33. The van der Waals surface area contributed by atoms with Gasteiger partial charge in [-0.05, 0) is 36.4 Å². The lowest BCUT2D eigenvalue weighted by Gasteiger charge is -2.18. The lowest BCUT2D eigenvalue weighted by molar-refractivity contribution is 0.101. The number of amides is 1. The number of nitrogens with zero attached hydrogens (tertiary/aromatic N) is 3. The van der Waals surface area contributed by atoms with Crippen LogP contribution in [0.4, 0.5) is 0 Å². The maximum atomic E-state index is 12.5. The topological polar surface area (TPSA) is 101 Å². The zero-order chi connectivity index (χ0) is 20.3. The minimum atomic E-state index is -3.60. The Balaban J connectivity index is 1.84. The highest BCUT2D eigenvalue weighted by Crippen LogP contribution is 2.16. The van der Waals surface area contributed by atoms with E-state index in [4.69, 9.17) is 0 Å². The number of hydrogen-bond donors (Lipinski definition) is 1. The number of fused-ring (bicyclic) bond motifs is 1. The molecule has 0 saturated heterocycles. The number of sulfonamides is 1. The van der Waals surface area contributed by atoms with Gasteiger partial charge in [-0.3, -0.25) is 15.0 Å². The number of benzene rings is 2. The Morgan fingerprint density at radius 1 is 1.07 bits per heavy atom. The minimum Gasteiger partial charge on any atom is -0.267 e. The Hall–Kier alpha value is -3.04. The molecule has 1 N–H and O–H groups in total. The van der Waals surface area contributed by atoms with Crippen LogP contribution in [-0.4, -0.2) is 41.4 Å². The van der Waals surface area contributed by atoms with Gasteiger partial charge >= 0.3 is 0 Å². The summed E-state index contributed by atoms with van der Waals surface area (Å²) in [6.07, 6.45) is 1.24. The third-order valence-electron chi connectivity index (χ3n) is 4.35. The molecule has 0 aliphatic carbocycles. The van der Waals surface area contributed by atoms with Gasteiger partial charge in [0.05, 0.1) is 15.8 Å². The zero-order valence-electron chi connectivity index (χ0n) is 15.5. The summed E-state index contributed by atoms with van der Waals surface area (Å²) in [6.45, 7) is 4.24. The van der Waals surface area contributed by atoms with Crippen molar-refractivity contribution >= 4 is 26.8 Å². The summed E-state index contributed by atoms with van der Waals surface area (Å²) in [6, 6.07) is 12.4. The van der Waals surface area contributed by atoms with E-state index in [9.17, 15) is 18.0 Å². The van der Waals surface area contributed by atoms with Gasteiger partial charge in [-0.2, -0.15) is 4.31 Å². The van der Waals surface area contributed by atoms with Gasteiger partial charge in [0.25, 0.3) is 11.5 Å². The van der Waals surface area contributed by atoms with Crippen molar-refractivity contribution in [1.29, 1.82) is 0 Å². The van der Waals surface area contributed by atoms with Crippen molar-refractivity contribution in [2.24, 2.45) is 0 Å². The molecular weight excluding hydrogens is 380 g/mol. The number of aromatic nitrogens is 2. The van der Waals surface area contributed by atoms with E-state index >= 15 is 0 Å². The molecule has 146 valence electrons. The van der Waals surface area contributed by atoms with Crippen molar-refractivity contribution in [1.82, 2.24) is 14.0 Å².